The molecule has 2 N–H and O–H groups in total. The molecule has 4 aromatic rings. The monoisotopic (exact) mass is 389 g/mol. The molecular weight excluding hydrogens is 369 g/mol. The van der Waals surface area contributed by atoms with Gasteiger partial charge in [0, 0.05) is 29.7 Å². The molecule has 6 heteroatoms. The number of fused-ring (bicyclic) bond motifs is 2. The van der Waals surface area contributed by atoms with Crippen molar-refractivity contribution in [3.63, 3.8) is 0 Å². The third-order valence-corrected chi connectivity index (χ3v) is 5.43. The number of hydrogen-bond acceptors (Lipinski definition) is 3. The summed E-state index contributed by atoms with van der Waals surface area (Å²) >= 11 is 0. The van der Waals surface area contributed by atoms with E-state index >= 15 is 0 Å². The number of ether oxygens (including phenoxy) is 1. The minimum absolute atomic E-state index is 0.0367. The van der Waals surface area contributed by atoms with E-state index in [-0.39, 0.29) is 23.1 Å². The minimum atomic E-state index is -0.520. The molecule has 29 heavy (non-hydrogen) atoms. The Bertz CT molecular complexity index is 1210. The maximum absolute atomic E-state index is 14.6. The van der Waals surface area contributed by atoms with E-state index in [9.17, 15) is 9.18 Å². The van der Waals surface area contributed by atoms with Crippen LogP contribution in [0.5, 0.6) is 0 Å². The second kappa shape index (κ2) is 7.29. The second-order valence-corrected chi connectivity index (χ2v) is 7.36. The molecule has 1 fully saturated rings. The number of rotatable bonds is 4. The molecule has 5 nitrogen and oxygen atoms in total. The number of nitrogens with zero attached hydrogens (tertiary/aromatic N) is 1. The van der Waals surface area contributed by atoms with Gasteiger partial charge in [0.05, 0.1) is 11.8 Å². The minimum Gasteiger partial charge on any atom is -0.376 e. The molecule has 0 spiro atoms. The number of aromatic nitrogens is 2. The van der Waals surface area contributed by atoms with Gasteiger partial charge in [0.2, 0.25) is 0 Å². The fourth-order valence-corrected chi connectivity index (χ4v) is 3.89. The summed E-state index contributed by atoms with van der Waals surface area (Å²) in [7, 11) is 0. The molecule has 5 rings (SSSR count). The molecule has 1 aliphatic rings. The number of hydrogen-bond donors (Lipinski definition) is 2. The Kier molecular flexibility index (Phi) is 4.48. The number of halogens is 1. The highest BCUT2D eigenvalue weighted by Crippen LogP contribution is 2.31. The third kappa shape index (κ3) is 3.36. The molecule has 0 bridgehead atoms. The van der Waals surface area contributed by atoms with Crippen LogP contribution in [0.15, 0.2) is 54.6 Å². The lowest BCUT2D eigenvalue weighted by Gasteiger charge is -2.11. The van der Waals surface area contributed by atoms with Gasteiger partial charge < -0.3 is 10.1 Å². The van der Waals surface area contributed by atoms with Crippen molar-refractivity contribution in [3.05, 3.63) is 66.0 Å². The first kappa shape index (κ1) is 17.8. The largest absolute Gasteiger partial charge is 0.376 e. The summed E-state index contributed by atoms with van der Waals surface area (Å²) in [6.07, 6.45) is 1.97. The van der Waals surface area contributed by atoms with Crippen LogP contribution >= 0.6 is 0 Å². The Hall–Kier alpha value is -3.25. The van der Waals surface area contributed by atoms with Crippen molar-refractivity contribution in [2.45, 2.75) is 18.9 Å². The average molecular weight is 389 g/mol. The van der Waals surface area contributed by atoms with Crippen molar-refractivity contribution in [1.82, 2.24) is 15.5 Å². The Morgan fingerprint density at radius 3 is 2.86 bits per heavy atom. The van der Waals surface area contributed by atoms with Crippen molar-refractivity contribution in [1.29, 1.82) is 0 Å². The highest BCUT2D eigenvalue weighted by atomic mass is 19.1. The van der Waals surface area contributed by atoms with Gasteiger partial charge >= 0.3 is 0 Å². The van der Waals surface area contributed by atoms with Gasteiger partial charge in [-0.2, -0.15) is 5.10 Å². The third-order valence-electron chi connectivity index (χ3n) is 5.43. The van der Waals surface area contributed by atoms with Crippen LogP contribution < -0.4 is 5.32 Å². The molecule has 1 aromatic heterocycles. The summed E-state index contributed by atoms with van der Waals surface area (Å²) in [4.78, 5) is 12.6. The molecule has 0 aliphatic carbocycles. The molecule has 3 aromatic carbocycles. The van der Waals surface area contributed by atoms with E-state index in [4.69, 9.17) is 4.74 Å². The van der Waals surface area contributed by atoms with Gasteiger partial charge in [-0.05, 0) is 41.8 Å². The molecule has 1 aliphatic heterocycles. The van der Waals surface area contributed by atoms with Crippen molar-refractivity contribution >= 4 is 27.6 Å². The summed E-state index contributed by atoms with van der Waals surface area (Å²) in [5.41, 5.74) is 2.08. The zero-order valence-corrected chi connectivity index (χ0v) is 15.7. The van der Waals surface area contributed by atoms with Gasteiger partial charge in [-0.25, -0.2) is 4.39 Å². The van der Waals surface area contributed by atoms with Crippen LogP contribution in [0.1, 0.15) is 23.2 Å². The topological polar surface area (TPSA) is 67.0 Å². The molecule has 146 valence electrons. The van der Waals surface area contributed by atoms with Gasteiger partial charge in [-0.1, -0.05) is 36.4 Å². The first-order chi connectivity index (χ1) is 14.2. The predicted molar refractivity (Wildman–Crippen MR) is 110 cm³/mol. The lowest BCUT2D eigenvalue weighted by molar-refractivity contribution is 0.0857. The number of carbonyl (C=O) groups is 1. The first-order valence-electron chi connectivity index (χ1n) is 9.75. The van der Waals surface area contributed by atoms with Crippen LogP contribution in [-0.4, -0.2) is 35.4 Å². The number of carbonyl (C=O) groups excluding carboxylic acids is 1. The number of aromatic amines is 1. The lowest BCUT2D eigenvalue weighted by Crippen LogP contribution is -2.31. The molecule has 1 atom stereocenters. The Balaban J connectivity index is 1.50. The van der Waals surface area contributed by atoms with E-state index in [0.717, 1.165) is 35.8 Å². The molecule has 0 unspecified atom stereocenters. The van der Waals surface area contributed by atoms with E-state index in [1.54, 1.807) is 6.07 Å². The fraction of sp³-hybridized carbons (Fsp3) is 0.217. The van der Waals surface area contributed by atoms with Gasteiger partial charge in [-0.15, -0.1) is 0 Å². The molecule has 0 saturated carbocycles. The SMILES string of the molecule is O=C(NC[C@H]1CCCO1)c1cc(F)c2n[nH]c(-c3ccc4ccccc4c3)c2c1. The van der Waals surface area contributed by atoms with Crippen LogP contribution in [0.25, 0.3) is 32.9 Å². The van der Waals surface area contributed by atoms with E-state index in [0.29, 0.717) is 17.6 Å². The molecule has 0 radical (unpaired) electrons. The van der Waals surface area contributed by atoms with Crippen LogP contribution in [0.2, 0.25) is 0 Å². The predicted octanol–water partition coefficient (Wildman–Crippen LogP) is 4.43. The molecule has 2 heterocycles. The molecular formula is C23H20FN3O2. The Morgan fingerprint density at radius 1 is 1.17 bits per heavy atom. The maximum Gasteiger partial charge on any atom is 0.251 e. The van der Waals surface area contributed by atoms with Crippen molar-refractivity contribution in [2.75, 3.05) is 13.2 Å². The smallest absolute Gasteiger partial charge is 0.251 e. The van der Waals surface area contributed by atoms with Gasteiger partial charge in [0.1, 0.15) is 5.52 Å². The first-order valence-corrected chi connectivity index (χ1v) is 9.75. The number of H-pyrrole nitrogens is 1. The summed E-state index contributed by atoms with van der Waals surface area (Å²) in [5, 5.41) is 12.7. The van der Waals surface area contributed by atoms with Gasteiger partial charge in [-0.3, -0.25) is 9.89 Å². The highest BCUT2D eigenvalue weighted by Gasteiger charge is 2.19. The normalized spacial score (nSPS) is 16.5. The standard InChI is InChI=1S/C23H20FN3O2/c24-20-12-17(23(28)25-13-18-6-3-9-29-18)11-19-21(26-27-22(19)20)16-8-7-14-4-1-2-5-15(14)10-16/h1-2,4-5,7-8,10-12,18H,3,6,9,13H2,(H,25,28)(H,26,27)/t18-/m1/s1. The summed E-state index contributed by atoms with van der Waals surface area (Å²) in [5.74, 6) is -0.833. The zero-order chi connectivity index (χ0) is 19.8. The van der Waals surface area contributed by atoms with E-state index in [1.165, 1.54) is 6.07 Å². The highest BCUT2D eigenvalue weighted by molar-refractivity contribution is 6.02. The van der Waals surface area contributed by atoms with E-state index in [1.807, 2.05) is 42.5 Å². The summed E-state index contributed by atoms with van der Waals surface area (Å²) in [6.45, 7) is 1.16. The van der Waals surface area contributed by atoms with Gasteiger partial charge in [0.15, 0.2) is 5.82 Å². The summed E-state index contributed by atoms with van der Waals surface area (Å²) < 4.78 is 20.2. The van der Waals surface area contributed by atoms with E-state index in [2.05, 4.69) is 15.5 Å². The van der Waals surface area contributed by atoms with Gasteiger partial charge in [0.25, 0.3) is 5.91 Å². The van der Waals surface area contributed by atoms with Crippen LogP contribution in [0.3, 0.4) is 0 Å². The Morgan fingerprint density at radius 2 is 2.03 bits per heavy atom. The number of amides is 1. The average Bonchev–Trinajstić information content (AvgIpc) is 3.41. The molecule has 1 saturated heterocycles. The quantitative estimate of drug-likeness (QED) is 0.543. The van der Waals surface area contributed by atoms with Crippen LogP contribution in [0.4, 0.5) is 4.39 Å². The summed E-state index contributed by atoms with van der Waals surface area (Å²) in [6, 6.07) is 17.0. The van der Waals surface area contributed by atoms with Crippen LogP contribution in [-0.2, 0) is 4.74 Å². The Labute approximate surface area is 166 Å². The van der Waals surface area contributed by atoms with Crippen molar-refractivity contribution in [2.24, 2.45) is 0 Å². The number of nitrogens with one attached hydrogen (secondary N) is 2. The van der Waals surface area contributed by atoms with Crippen LogP contribution in [0, 0.1) is 5.82 Å². The van der Waals surface area contributed by atoms with E-state index < -0.39 is 5.82 Å². The molecule has 1 amide bonds. The zero-order valence-electron chi connectivity index (χ0n) is 15.7. The van der Waals surface area contributed by atoms with Crippen molar-refractivity contribution < 1.29 is 13.9 Å². The fourth-order valence-electron chi connectivity index (χ4n) is 3.89. The van der Waals surface area contributed by atoms with Crippen molar-refractivity contribution in [3.8, 4) is 11.3 Å². The maximum atomic E-state index is 14.6. The second-order valence-electron chi connectivity index (χ2n) is 7.36. The lowest BCUT2D eigenvalue weighted by atomic mass is 10.0. The number of benzene rings is 3.